The maximum atomic E-state index is 13.0. The fourth-order valence-electron chi connectivity index (χ4n) is 2.86. The van der Waals surface area contributed by atoms with E-state index in [2.05, 4.69) is 5.32 Å². The number of rotatable bonds is 5. The van der Waals surface area contributed by atoms with Crippen LogP contribution in [0.15, 0.2) is 24.3 Å². The third kappa shape index (κ3) is 3.04. The fraction of sp³-hybridized carbons (Fsp3) is 0.467. The van der Waals surface area contributed by atoms with E-state index < -0.39 is 35.8 Å². The average Bonchev–Trinajstić information content (AvgIpc) is 2.95. The van der Waals surface area contributed by atoms with Gasteiger partial charge in [0.2, 0.25) is 5.91 Å². The normalized spacial score (nSPS) is 18.2. The Morgan fingerprint density at radius 2 is 1.81 bits per heavy atom. The van der Waals surface area contributed by atoms with Gasteiger partial charge in [0.05, 0.1) is 5.41 Å². The average molecular weight is 297 g/mol. The monoisotopic (exact) mass is 297 g/mol. The van der Waals surface area contributed by atoms with E-state index in [4.69, 9.17) is 5.11 Å². The van der Waals surface area contributed by atoms with Gasteiger partial charge in [-0.1, -0.05) is 25.0 Å². The standard InChI is InChI=1S/C15H17F2NO3/c16-9-12(13(19)20)18-14(21)15(7-1-2-8-15)10-3-5-11(17)6-4-10/h3-6,12H,1-2,7-9H2,(H,18,21)(H,19,20). The molecule has 1 atom stereocenters. The van der Waals surface area contributed by atoms with Gasteiger partial charge >= 0.3 is 5.97 Å². The van der Waals surface area contributed by atoms with E-state index in [1.807, 2.05) is 0 Å². The van der Waals surface area contributed by atoms with Crippen molar-refractivity contribution in [1.29, 1.82) is 0 Å². The first-order valence-electron chi connectivity index (χ1n) is 6.85. The Balaban J connectivity index is 2.27. The van der Waals surface area contributed by atoms with Crippen molar-refractivity contribution in [2.24, 2.45) is 0 Å². The summed E-state index contributed by atoms with van der Waals surface area (Å²) in [6.07, 6.45) is 2.72. The minimum atomic E-state index is -1.55. The fourth-order valence-corrected chi connectivity index (χ4v) is 2.86. The maximum absolute atomic E-state index is 13.0. The summed E-state index contributed by atoms with van der Waals surface area (Å²) < 4.78 is 25.7. The predicted octanol–water partition coefficient (Wildman–Crippen LogP) is 2.18. The zero-order valence-electron chi connectivity index (χ0n) is 11.4. The van der Waals surface area contributed by atoms with Crippen LogP contribution in [-0.4, -0.2) is 29.7 Å². The Morgan fingerprint density at radius 3 is 2.29 bits per heavy atom. The van der Waals surface area contributed by atoms with Crippen LogP contribution in [0.25, 0.3) is 0 Å². The highest BCUT2D eigenvalue weighted by molar-refractivity contribution is 5.91. The molecule has 1 aliphatic rings. The quantitative estimate of drug-likeness (QED) is 0.875. The Morgan fingerprint density at radius 1 is 1.24 bits per heavy atom. The Hall–Kier alpha value is -1.98. The van der Waals surface area contributed by atoms with Gasteiger partial charge in [-0.25, -0.2) is 13.6 Å². The first-order chi connectivity index (χ1) is 9.99. The van der Waals surface area contributed by atoms with E-state index in [0.29, 0.717) is 18.4 Å². The highest BCUT2D eigenvalue weighted by atomic mass is 19.1. The van der Waals surface area contributed by atoms with E-state index >= 15 is 0 Å². The molecule has 1 amide bonds. The number of carbonyl (C=O) groups excluding carboxylic acids is 1. The molecule has 0 radical (unpaired) electrons. The summed E-state index contributed by atoms with van der Waals surface area (Å²) in [6.45, 7) is -1.17. The Bertz CT molecular complexity index is 524. The number of nitrogens with one attached hydrogen (secondary N) is 1. The number of carboxylic acid groups (broad SMARTS) is 1. The highest BCUT2D eigenvalue weighted by Crippen LogP contribution is 2.41. The van der Waals surface area contributed by atoms with Gasteiger partial charge in [-0.3, -0.25) is 4.79 Å². The van der Waals surface area contributed by atoms with Crippen LogP contribution in [0.5, 0.6) is 0 Å². The van der Waals surface area contributed by atoms with Gasteiger partial charge < -0.3 is 10.4 Å². The van der Waals surface area contributed by atoms with Crippen molar-refractivity contribution >= 4 is 11.9 Å². The smallest absolute Gasteiger partial charge is 0.328 e. The highest BCUT2D eigenvalue weighted by Gasteiger charge is 2.43. The van der Waals surface area contributed by atoms with Crippen LogP contribution in [0.1, 0.15) is 31.2 Å². The Labute approximate surface area is 121 Å². The second-order valence-corrected chi connectivity index (χ2v) is 5.31. The molecule has 0 aromatic heterocycles. The molecule has 0 aliphatic heterocycles. The van der Waals surface area contributed by atoms with E-state index in [1.54, 1.807) is 0 Å². The van der Waals surface area contributed by atoms with Crippen molar-refractivity contribution in [3.8, 4) is 0 Å². The van der Waals surface area contributed by atoms with Crippen LogP contribution in [0.2, 0.25) is 0 Å². The van der Waals surface area contributed by atoms with Gasteiger partial charge in [-0.2, -0.15) is 0 Å². The molecule has 0 saturated heterocycles. The minimum absolute atomic E-state index is 0.403. The Kier molecular flexibility index (Phi) is 4.55. The summed E-state index contributed by atoms with van der Waals surface area (Å²) in [6, 6.07) is 4.06. The van der Waals surface area contributed by atoms with Gasteiger partial charge in [-0.15, -0.1) is 0 Å². The lowest BCUT2D eigenvalue weighted by atomic mass is 9.78. The largest absolute Gasteiger partial charge is 0.480 e. The summed E-state index contributed by atoms with van der Waals surface area (Å²) in [5, 5.41) is 11.1. The molecule has 0 spiro atoms. The lowest BCUT2D eigenvalue weighted by Gasteiger charge is -2.29. The van der Waals surface area contributed by atoms with Crippen LogP contribution in [0.3, 0.4) is 0 Å². The molecular formula is C15H17F2NO3. The molecular weight excluding hydrogens is 280 g/mol. The number of hydrogen-bond acceptors (Lipinski definition) is 2. The van der Waals surface area contributed by atoms with Crippen molar-refractivity contribution in [1.82, 2.24) is 5.32 Å². The molecule has 1 aromatic carbocycles. The number of hydrogen-bond donors (Lipinski definition) is 2. The SMILES string of the molecule is O=C(O)C(CF)NC(=O)C1(c2ccc(F)cc2)CCCC1. The predicted molar refractivity (Wildman–Crippen MR) is 72.1 cm³/mol. The molecule has 2 rings (SSSR count). The molecule has 1 aliphatic carbocycles. The number of benzene rings is 1. The summed E-state index contributed by atoms with van der Waals surface area (Å²) in [5.74, 6) is -2.31. The number of carboxylic acids is 1. The molecule has 1 unspecified atom stereocenters. The minimum Gasteiger partial charge on any atom is -0.480 e. The van der Waals surface area contributed by atoms with Crippen molar-refractivity contribution < 1.29 is 23.5 Å². The third-order valence-electron chi connectivity index (χ3n) is 4.05. The third-order valence-corrected chi connectivity index (χ3v) is 4.05. The van der Waals surface area contributed by atoms with Crippen molar-refractivity contribution in [2.75, 3.05) is 6.67 Å². The van der Waals surface area contributed by atoms with Crippen molar-refractivity contribution in [2.45, 2.75) is 37.1 Å². The number of amides is 1. The summed E-state index contributed by atoms with van der Waals surface area (Å²) in [5.41, 5.74) is -0.252. The zero-order valence-corrected chi connectivity index (χ0v) is 11.4. The molecule has 21 heavy (non-hydrogen) atoms. The van der Waals surface area contributed by atoms with E-state index in [1.165, 1.54) is 24.3 Å². The van der Waals surface area contributed by atoms with E-state index in [9.17, 15) is 18.4 Å². The number of aliphatic carboxylic acids is 1. The topological polar surface area (TPSA) is 66.4 Å². The van der Waals surface area contributed by atoms with Crippen molar-refractivity contribution in [3.05, 3.63) is 35.6 Å². The molecule has 1 fully saturated rings. The zero-order chi connectivity index (χ0) is 15.5. The van der Waals surface area contributed by atoms with Crippen LogP contribution in [0, 0.1) is 5.82 Å². The first-order valence-corrected chi connectivity index (χ1v) is 6.85. The molecule has 4 nitrogen and oxygen atoms in total. The van der Waals surface area contributed by atoms with Crippen LogP contribution >= 0.6 is 0 Å². The molecule has 0 bridgehead atoms. The lowest BCUT2D eigenvalue weighted by molar-refractivity contribution is -0.143. The molecule has 2 N–H and O–H groups in total. The molecule has 0 heterocycles. The van der Waals surface area contributed by atoms with Crippen LogP contribution in [0.4, 0.5) is 8.78 Å². The number of halogens is 2. The van der Waals surface area contributed by atoms with Gasteiger partial charge in [0, 0.05) is 0 Å². The summed E-state index contributed by atoms with van der Waals surface area (Å²) in [4.78, 5) is 23.4. The first kappa shape index (κ1) is 15.4. The molecule has 6 heteroatoms. The summed E-state index contributed by atoms with van der Waals surface area (Å²) >= 11 is 0. The second kappa shape index (κ2) is 6.20. The van der Waals surface area contributed by atoms with Gasteiger partial charge in [0.25, 0.3) is 0 Å². The molecule has 1 saturated carbocycles. The lowest BCUT2D eigenvalue weighted by Crippen LogP contribution is -2.50. The van der Waals surface area contributed by atoms with Crippen molar-refractivity contribution in [3.63, 3.8) is 0 Å². The van der Waals surface area contributed by atoms with Gasteiger partial charge in [0.15, 0.2) is 6.04 Å². The maximum Gasteiger partial charge on any atom is 0.328 e. The summed E-state index contributed by atoms with van der Waals surface area (Å²) in [7, 11) is 0. The van der Waals surface area contributed by atoms with E-state index in [-0.39, 0.29) is 0 Å². The van der Waals surface area contributed by atoms with Crippen LogP contribution in [-0.2, 0) is 15.0 Å². The molecule has 114 valence electrons. The number of carbonyl (C=O) groups is 2. The number of alkyl halides is 1. The van der Waals surface area contributed by atoms with Gasteiger partial charge in [0.1, 0.15) is 12.5 Å². The van der Waals surface area contributed by atoms with E-state index in [0.717, 1.165) is 12.8 Å². The second-order valence-electron chi connectivity index (χ2n) is 5.31. The van der Waals surface area contributed by atoms with Crippen LogP contribution < -0.4 is 5.32 Å². The molecule has 1 aromatic rings. The van der Waals surface area contributed by atoms with Gasteiger partial charge in [-0.05, 0) is 30.5 Å².